The van der Waals surface area contributed by atoms with E-state index in [0.717, 1.165) is 11.3 Å². The fraction of sp³-hybridized carbons (Fsp3) is 0.571. The maximum Gasteiger partial charge on any atom is 0.328 e. The Labute approximate surface area is 153 Å². The van der Waals surface area contributed by atoms with E-state index >= 15 is 0 Å². The van der Waals surface area contributed by atoms with Gasteiger partial charge in [0.15, 0.2) is 6.04 Å². The number of aliphatic hydroxyl groups is 2. The molecule has 3 amide bonds. The summed E-state index contributed by atoms with van der Waals surface area (Å²) in [6.45, 7) is 0.948. The Balaban J connectivity index is 2.89. The first-order chi connectivity index (χ1) is 12.1. The van der Waals surface area contributed by atoms with Gasteiger partial charge in [-0.2, -0.15) is 0 Å². The number of aromatic nitrogens is 1. The van der Waals surface area contributed by atoms with Gasteiger partial charge in [0.2, 0.25) is 5.91 Å². The van der Waals surface area contributed by atoms with Crippen molar-refractivity contribution in [1.82, 2.24) is 15.6 Å². The molecule has 4 atom stereocenters. The molecule has 1 aromatic rings. The lowest BCUT2D eigenvalue weighted by molar-refractivity contribution is -0.141. The SMILES string of the molecule is CC(O)C(NC(=O)NC(CCC(N)=O)c1ncc(C(N)CO)s1)C(=O)O. The van der Waals surface area contributed by atoms with Crippen LogP contribution in [0.3, 0.4) is 0 Å². The molecule has 12 heteroatoms. The number of amides is 3. The molecule has 0 spiro atoms. The molecule has 0 aliphatic heterocycles. The number of primary amides is 1. The van der Waals surface area contributed by atoms with Crippen LogP contribution in [0.2, 0.25) is 0 Å². The van der Waals surface area contributed by atoms with Gasteiger partial charge >= 0.3 is 12.0 Å². The van der Waals surface area contributed by atoms with E-state index in [1.165, 1.54) is 13.1 Å². The van der Waals surface area contributed by atoms with Crippen LogP contribution in [0.1, 0.15) is 41.7 Å². The highest BCUT2D eigenvalue weighted by molar-refractivity contribution is 7.11. The molecular formula is C14H23N5O6S. The molecule has 1 rings (SSSR count). The monoisotopic (exact) mass is 389 g/mol. The Bertz CT molecular complexity index is 637. The van der Waals surface area contributed by atoms with E-state index in [1.807, 2.05) is 0 Å². The molecule has 4 unspecified atom stereocenters. The molecule has 11 nitrogen and oxygen atoms in total. The van der Waals surface area contributed by atoms with Crippen LogP contribution >= 0.6 is 11.3 Å². The van der Waals surface area contributed by atoms with Crippen LogP contribution in [0.15, 0.2) is 6.20 Å². The number of aliphatic hydroxyl groups excluding tert-OH is 2. The zero-order chi connectivity index (χ0) is 19.9. The van der Waals surface area contributed by atoms with Crippen LogP contribution in [0, 0.1) is 0 Å². The molecule has 0 aromatic carbocycles. The number of carbonyl (C=O) groups is 3. The van der Waals surface area contributed by atoms with Gasteiger partial charge in [0.1, 0.15) is 5.01 Å². The standard InChI is InChI=1S/C14H23N5O6S/c1-6(21)11(13(23)24)19-14(25)18-8(2-3-10(16)22)12-17-4-9(26-12)7(15)5-20/h4,6-8,11,20-21H,2-3,5,15H2,1H3,(H2,16,22)(H,23,24)(H2,18,19,25). The van der Waals surface area contributed by atoms with Crippen LogP contribution in [0.5, 0.6) is 0 Å². The summed E-state index contributed by atoms with van der Waals surface area (Å²) in [4.78, 5) is 38.9. The predicted octanol–water partition coefficient (Wildman–Crippen LogP) is -1.42. The highest BCUT2D eigenvalue weighted by Gasteiger charge is 2.27. The van der Waals surface area contributed by atoms with Crippen molar-refractivity contribution < 1.29 is 29.7 Å². The molecule has 1 aromatic heterocycles. The molecule has 0 bridgehead atoms. The van der Waals surface area contributed by atoms with E-state index in [-0.39, 0.29) is 19.4 Å². The van der Waals surface area contributed by atoms with Crippen LogP contribution in [0.25, 0.3) is 0 Å². The van der Waals surface area contributed by atoms with E-state index in [9.17, 15) is 19.5 Å². The predicted molar refractivity (Wildman–Crippen MR) is 92.1 cm³/mol. The summed E-state index contributed by atoms with van der Waals surface area (Å²) in [6, 6.07) is -3.70. The molecule has 0 saturated heterocycles. The number of carbonyl (C=O) groups excluding carboxylic acids is 2. The number of urea groups is 1. The van der Waals surface area contributed by atoms with Crippen molar-refractivity contribution in [2.24, 2.45) is 11.5 Å². The Kier molecular flexibility index (Phi) is 8.38. The zero-order valence-electron chi connectivity index (χ0n) is 14.1. The third-order valence-corrected chi connectivity index (χ3v) is 4.66. The summed E-state index contributed by atoms with van der Waals surface area (Å²) in [5.41, 5.74) is 10.9. The van der Waals surface area contributed by atoms with Crippen molar-refractivity contribution >= 4 is 29.2 Å². The van der Waals surface area contributed by atoms with Crippen molar-refractivity contribution in [3.05, 3.63) is 16.1 Å². The molecule has 0 saturated carbocycles. The smallest absolute Gasteiger partial charge is 0.328 e. The number of nitrogens with two attached hydrogens (primary N) is 2. The van der Waals surface area contributed by atoms with Crippen LogP contribution in [-0.2, 0) is 9.59 Å². The number of thiazole rings is 1. The van der Waals surface area contributed by atoms with Crippen molar-refractivity contribution in [1.29, 1.82) is 0 Å². The fourth-order valence-corrected chi connectivity index (χ4v) is 2.99. The molecule has 0 fully saturated rings. The third-order valence-electron chi connectivity index (χ3n) is 3.42. The Morgan fingerprint density at radius 1 is 1.35 bits per heavy atom. The molecule has 0 aliphatic carbocycles. The molecule has 1 heterocycles. The van der Waals surface area contributed by atoms with Crippen LogP contribution in [0.4, 0.5) is 4.79 Å². The summed E-state index contributed by atoms with van der Waals surface area (Å²) >= 11 is 1.14. The van der Waals surface area contributed by atoms with Crippen molar-refractivity contribution in [3.63, 3.8) is 0 Å². The number of carboxylic acid groups (broad SMARTS) is 1. The van der Waals surface area contributed by atoms with E-state index in [4.69, 9.17) is 21.7 Å². The molecule has 0 aliphatic rings. The summed E-state index contributed by atoms with van der Waals surface area (Å²) in [7, 11) is 0. The second kappa shape index (κ2) is 10.0. The minimum Gasteiger partial charge on any atom is -0.480 e. The number of aliphatic carboxylic acids is 1. The molecule has 26 heavy (non-hydrogen) atoms. The normalized spacial score (nSPS) is 15.5. The first-order valence-corrected chi connectivity index (χ1v) is 8.55. The first kappa shape index (κ1) is 21.8. The lowest BCUT2D eigenvalue weighted by Gasteiger charge is -2.21. The zero-order valence-corrected chi connectivity index (χ0v) is 14.9. The Morgan fingerprint density at radius 2 is 2.00 bits per heavy atom. The fourth-order valence-electron chi connectivity index (χ4n) is 2.00. The van der Waals surface area contributed by atoms with Gasteiger partial charge in [-0.05, 0) is 13.3 Å². The lowest BCUT2D eigenvalue weighted by atomic mass is 10.1. The van der Waals surface area contributed by atoms with E-state index in [1.54, 1.807) is 0 Å². The molecule has 9 N–H and O–H groups in total. The second-order valence-corrected chi connectivity index (χ2v) is 6.72. The second-order valence-electron chi connectivity index (χ2n) is 5.62. The van der Waals surface area contributed by atoms with Gasteiger partial charge < -0.3 is 37.4 Å². The summed E-state index contributed by atoms with van der Waals surface area (Å²) in [5, 5.41) is 32.6. The average molecular weight is 389 g/mol. The molecular weight excluding hydrogens is 366 g/mol. The van der Waals surface area contributed by atoms with Crippen LogP contribution < -0.4 is 22.1 Å². The van der Waals surface area contributed by atoms with Crippen molar-refractivity contribution in [2.45, 2.75) is 44.0 Å². The largest absolute Gasteiger partial charge is 0.480 e. The summed E-state index contributed by atoms with van der Waals surface area (Å²) < 4.78 is 0. The quantitative estimate of drug-likeness (QED) is 0.252. The lowest BCUT2D eigenvalue weighted by Crippen LogP contribution is -2.51. The summed E-state index contributed by atoms with van der Waals surface area (Å²) in [6.07, 6.45) is 0.241. The number of nitrogens with zero attached hydrogens (tertiary/aromatic N) is 1. The minimum atomic E-state index is -1.50. The Hall–Kier alpha value is -2.28. The molecule has 146 valence electrons. The maximum absolute atomic E-state index is 12.1. The maximum atomic E-state index is 12.1. The minimum absolute atomic E-state index is 0.0370. The highest BCUT2D eigenvalue weighted by atomic mass is 32.1. The average Bonchev–Trinajstić information content (AvgIpc) is 3.04. The third kappa shape index (κ3) is 6.55. The first-order valence-electron chi connectivity index (χ1n) is 7.74. The van der Waals surface area contributed by atoms with Gasteiger partial charge in [-0.3, -0.25) is 4.79 Å². The van der Waals surface area contributed by atoms with Gasteiger partial charge in [0.05, 0.1) is 24.8 Å². The van der Waals surface area contributed by atoms with Crippen molar-refractivity contribution in [2.75, 3.05) is 6.61 Å². The van der Waals surface area contributed by atoms with E-state index in [0.29, 0.717) is 9.88 Å². The number of hydrogen-bond acceptors (Lipinski definition) is 8. The van der Waals surface area contributed by atoms with E-state index < -0.39 is 42.1 Å². The highest BCUT2D eigenvalue weighted by Crippen LogP contribution is 2.26. The number of nitrogens with one attached hydrogen (secondary N) is 2. The van der Waals surface area contributed by atoms with Gasteiger partial charge in [-0.15, -0.1) is 11.3 Å². The van der Waals surface area contributed by atoms with Crippen LogP contribution in [-0.4, -0.2) is 57.0 Å². The van der Waals surface area contributed by atoms with Gasteiger partial charge in [0, 0.05) is 17.5 Å². The number of rotatable bonds is 10. The number of carboxylic acids is 1. The Morgan fingerprint density at radius 3 is 2.50 bits per heavy atom. The molecule has 0 radical (unpaired) electrons. The van der Waals surface area contributed by atoms with Gasteiger partial charge in [0.25, 0.3) is 0 Å². The van der Waals surface area contributed by atoms with Gasteiger partial charge in [-0.25, -0.2) is 14.6 Å². The van der Waals surface area contributed by atoms with Gasteiger partial charge in [-0.1, -0.05) is 0 Å². The van der Waals surface area contributed by atoms with E-state index in [2.05, 4.69) is 15.6 Å². The topological polar surface area (TPSA) is 201 Å². The van der Waals surface area contributed by atoms with Crippen molar-refractivity contribution in [3.8, 4) is 0 Å². The number of hydrogen-bond donors (Lipinski definition) is 7. The summed E-state index contributed by atoms with van der Waals surface area (Å²) in [5.74, 6) is -1.97.